The highest BCUT2D eigenvalue weighted by Gasteiger charge is 2.37. The van der Waals surface area contributed by atoms with E-state index in [2.05, 4.69) is 25.8 Å². The number of ether oxygens (including phenoxy) is 1. The van der Waals surface area contributed by atoms with Crippen molar-refractivity contribution in [2.45, 2.75) is 37.3 Å². The maximum absolute atomic E-state index is 10.8. The molecule has 1 aliphatic carbocycles. The number of hydrogen-bond donors (Lipinski definition) is 1. The zero-order chi connectivity index (χ0) is 14.0. The molecule has 5 heteroatoms. The van der Waals surface area contributed by atoms with E-state index in [1.807, 2.05) is 12.1 Å². The molecule has 0 amide bonds. The van der Waals surface area contributed by atoms with Gasteiger partial charge >= 0.3 is 0 Å². The van der Waals surface area contributed by atoms with Crippen LogP contribution >= 0.6 is 15.9 Å². The molecule has 1 aromatic heterocycles. The molecule has 110 valence electrons. The zero-order valence-corrected chi connectivity index (χ0v) is 13.2. The van der Waals surface area contributed by atoms with E-state index in [-0.39, 0.29) is 0 Å². The van der Waals surface area contributed by atoms with Gasteiger partial charge in [-0.05, 0) is 53.7 Å². The van der Waals surface area contributed by atoms with Crippen LogP contribution in [0.4, 0.5) is 0 Å². The number of aliphatic hydroxyl groups is 1. The largest absolute Gasteiger partial charge is 0.384 e. The Morgan fingerprint density at radius 1 is 1.25 bits per heavy atom. The molecule has 1 saturated carbocycles. The lowest BCUT2D eigenvalue weighted by Gasteiger charge is -2.41. The first-order valence-electron chi connectivity index (χ1n) is 7.34. The van der Waals surface area contributed by atoms with Crippen molar-refractivity contribution in [3.63, 3.8) is 0 Å². The molecule has 0 radical (unpaired) electrons. The molecule has 0 atom stereocenters. The SMILES string of the molecule is OC1(c2ccc(Br)cn2)CCC(N2CCOCC2)CC1. The maximum Gasteiger partial charge on any atom is 0.107 e. The van der Waals surface area contributed by atoms with Crippen molar-refractivity contribution in [3.8, 4) is 0 Å². The Morgan fingerprint density at radius 2 is 1.95 bits per heavy atom. The Bertz CT molecular complexity index is 438. The summed E-state index contributed by atoms with van der Waals surface area (Å²) >= 11 is 3.39. The van der Waals surface area contributed by atoms with Crippen LogP contribution in [0.5, 0.6) is 0 Å². The van der Waals surface area contributed by atoms with Gasteiger partial charge in [-0.1, -0.05) is 0 Å². The number of hydrogen-bond acceptors (Lipinski definition) is 4. The molecule has 3 rings (SSSR count). The van der Waals surface area contributed by atoms with E-state index < -0.39 is 5.60 Å². The first-order chi connectivity index (χ1) is 9.67. The van der Waals surface area contributed by atoms with Gasteiger partial charge in [0.1, 0.15) is 5.60 Å². The summed E-state index contributed by atoms with van der Waals surface area (Å²) in [5.41, 5.74) is 0.0601. The van der Waals surface area contributed by atoms with Crippen molar-refractivity contribution in [3.05, 3.63) is 28.5 Å². The standard InChI is InChI=1S/C15H21BrN2O2/c16-12-1-2-14(17-11-12)15(19)5-3-13(4-6-15)18-7-9-20-10-8-18/h1-2,11,13,19H,3-10H2. The van der Waals surface area contributed by atoms with Crippen LogP contribution in [0.2, 0.25) is 0 Å². The van der Waals surface area contributed by atoms with E-state index in [1.54, 1.807) is 6.20 Å². The minimum absolute atomic E-state index is 0.592. The van der Waals surface area contributed by atoms with Crippen LogP contribution in [0, 0.1) is 0 Å². The van der Waals surface area contributed by atoms with Crippen molar-refractivity contribution >= 4 is 15.9 Å². The molecule has 2 heterocycles. The first-order valence-corrected chi connectivity index (χ1v) is 8.13. The fourth-order valence-electron chi connectivity index (χ4n) is 3.30. The molecule has 2 fully saturated rings. The minimum atomic E-state index is -0.747. The van der Waals surface area contributed by atoms with Gasteiger partial charge in [0.25, 0.3) is 0 Å². The summed E-state index contributed by atoms with van der Waals surface area (Å²) < 4.78 is 6.36. The highest BCUT2D eigenvalue weighted by atomic mass is 79.9. The number of pyridine rings is 1. The molecule has 1 aliphatic heterocycles. The average molecular weight is 341 g/mol. The topological polar surface area (TPSA) is 45.6 Å². The van der Waals surface area contributed by atoms with E-state index in [0.29, 0.717) is 6.04 Å². The van der Waals surface area contributed by atoms with Gasteiger partial charge in [0.15, 0.2) is 0 Å². The Morgan fingerprint density at radius 3 is 2.55 bits per heavy atom. The predicted molar refractivity (Wildman–Crippen MR) is 80.5 cm³/mol. The molecule has 20 heavy (non-hydrogen) atoms. The van der Waals surface area contributed by atoms with Crippen LogP contribution in [0.15, 0.2) is 22.8 Å². The highest BCUT2D eigenvalue weighted by Crippen LogP contribution is 2.38. The molecule has 0 aromatic carbocycles. The Hall–Kier alpha value is -0.490. The minimum Gasteiger partial charge on any atom is -0.384 e. The Labute approximate surface area is 128 Å². The fraction of sp³-hybridized carbons (Fsp3) is 0.667. The van der Waals surface area contributed by atoms with Gasteiger partial charge in [-0.3, -0.25) is 9.88 Å². The van der Waals surface area contributed by atoms with E-state index in [4.69, 9.17) is 4.74 Å². The second-order valence-corrected chi connectivity index (χ2v) is 6.69. The quantitative estimate of drug-likeness (QED) is 0.897. The molecule has 0 unspecified atom stereocenters. The summed E-state index contributed by atoms with van der Waals surface area (Å²) in [6.45, 7) is 3.74. The summed E-state index contributed by atoms with van der Waals surface area (Å²) in [7, 11) is 0. The molecule has 1 N–H and O–H groups in total. The lowest BCUT2D eigenvalue weighted by atomic mass is 9.79. The summed E-state index contributed by atoms with van der Waals surface area (Å²) in [6.07, 6.45) is 5.43. The second-order valence-electron chi connectivity index (χ2n) is 5.77. The van der Waals surface area contributed by atoms with E-state index in [1.165, 1.54) is 0 Å². The fourth-order valence-corrected chi connectivity index (χ4v) is 3.53. The number of rotatable bonds is 2. The normalized spacial score (nSPS) is 32.2. The third kappa shape index (κ3) is 3.06. The van der Waals surface area contributed by atoms with Crippen molar-refractivity contribution < 1.29 is 9.84 Å². The lowest BCUT2D eigenvalue weighted by Crippen LogP contribution is -2.47. The maximum atomic E-state index is 10.8. The number of halogens is 1. The molecule has 0 bridgehead atoms. The Balaban J connectivity index is 1.63. The second kappa shape index (κ2) is 6.10. The van der Waals surface area contributed by atoms with Crippen LogP contribution in [-0.4, -0.2) is 47.3 Å². The van der Waals surface area contributed by atoms with Gasteiger partial charge in [0.05, 0.1) is 18.9 Å². The van der Waals surface area contributed by atoms with Crippen molar-refractivity contribution in [2.24, 2.45) is 0 Å². The summed E-state index contributed by atoms with van der Waals surface area (Å²) in [6, 6.07) is 4.47. The van der Waals surface area contributed by atoms with Gasteiger partial charge in [-0.25, -0.2) is 0 Å². The van der Waals surface area contributed by atoms with E-state index >= 15 is 0 Å². The van der Waals surface area contributed by atoms with Crippen LogP contribution in [0.1, 0.15) is 31.4 Å². The smallest absolute Gasteiger partial charge is 0.107 e. The Kier molecular flexibility index (Phi) is 4.40. The molecule has 2 aliphatic rings. The molecule has 1 aromatic rings. The first kappa shape index (κ1) is 14.4. The lowest BCUT2D eigenvalue weighted by molar-refractivity contribution is -0.0469. The van der Waals surface area contributed by atoms with E-state index in [0.717, 1.165) is 62.2 Å². The molecular weight excluding hydrogens is 320 g/mol. The molecule has 4 nitrogen and oxygen atoms in total. The summed E-state index contributed by atoms with van der Waals surface area (Å²) in [5, 5.41) is 10.8. The van der Waals surface area contributed by atoms with Gasteiger partial charge in [0, 0.05) is 29.8 Å². The number of aromatic nitrogens is 1. The van der Waals surface area contributed by atoms with Crippen LogP contribution in [0.3, 0.4) is 0 Å². The molecular formula is C15H21BrN2O2. The third-order valence-electron chi connectivity index (χ3n) is 4.55. The van der Waals surface area contributed by atoms with Gasteiger partial charge in [-0.15, -0.1) is 0 Å². The van der Waals surface area contributed by atoms with Crippen molar-refractivity contribution in [1.82, 2.24) is 9.88 Å². The van der Waals surface area contributed by atoms with Gasteiger partial charge < -0.3 is 9.84 Å². The van der Waals surface area contributed by atoms with Crippen molar-refractivity contribution in [2.75, 3.05) is 26.3 Å². The van der Waals surface area contributed by atoms with Crippen LogP contribution in [-0.2, 0) is 10.3 Å². The van der Waals surface area contributed by atoms with Gasteiger partial charge in [0.2, 0.25) is 0 Å². The zero-order valence-electron chi connectivity index (χ0n) is 11.6. The average Bonchev–Trinajstić information content (AvgIpc) is 2.49. The van der Waals surface area contributed by atoms with Crippen LogP contribution < -0.4 is 0 Å². The highest BCUT2D eigenvalue weighted by molar-refractivity contribution is 9.10. The monoisotopic (exact) mass is 340 g/mol. The summed E-state index contributed by atoms with van der Waals surface area (Å²) in [5.74, 6) is 0. The van der Waals surface area contributed by atoms with E-state index in [9.17, 15) is 5.11 Å². The van der Waals surface area contributed by atoms with Crippen molar-refractivity contribution in [1.29, 1.82) is 0 Å². The third-order valence-corrected chi connectivity index (χ3v) is 5.02. The number of morpholine rings is 1. The summed E-state index contributed by atoms with van der Waals surface area (Å²) in [4.78, 5) is 6.89. The molecule has 1 saturated heterocycles. The predicted octanol–water partition coefficient (Wildman–Crippen LogP) is 2.31. The van der Waals surface area contributed by atoms with Gasteiger partial charge in [-0.2, -0.15) is 0 Å². The molecule has 0 spiro atoms. The number of nitrogens with zero attached hydrogens (tertiary/aromatic N) is 2. The van der Waals surface area contributed by atoms with Crippen LogP contribution in [0.25, 0.3) is 0 Å².